The van der Waals surface area contributed by atoms with Crippen LogP contribution in [-0.2, 0) is 5.75 Å². The fourth-order valence-electron chi connectivity index (χ4n) is 1.82. The largest absolute Gasteiger partial charge is 0.324 e. The van der Waals surface area contributed by atoms with Gasteiger partial charge in [-0.15, -0.1) is 11.8 Å². The monoisotopic (exact) mass is 258 g/mol. The smallest absolute Gasteiger partial charge is 0.101 e. The number of aromatic nitrogens is 1. The van der Waals surface area contributed by atoms with Gasteiger partial charge < -0.3 is 5.73 Å². The van der Waals surface area contributed by atoms with Crippen LogP contribution in [0.1, 0.15) is 29.7 Å². The van der Waals surface area contributed by atoms with Gasteiger partial charge in [0, 0.05) is 23.6 Å². The van der Waals surface area contributed by atoms with E-state index in [2.05, 4.69) is 42.2 Å². The third-order valence-corrected chi connectivity index (χ3v) is 3.84. The third kappa shape index (κ3) is 3.34. The first-order chi connectivity index (χ1) is 8.66. The molecule has 1 aromatic carbocycles. The Labute approximate surface area is 113 Å². The van der Waals surface area contributed by atoms with E-state index in [-0.39, 0.29) is 6.04 Å². The van der Waals surface area contributed by atoms with Crippen LogP contribution in [0.25, 0.3) is 0 Å². The summed E-state index contributed by atoms with van der Waals surface area (Å²) >= 11 is 1.75. The van der Waals surface area contributed by atoms with Crippen molar-refractivity contribution in [3.63, 3.8) is 0 Å². The van der Waals surface area contributed by atoms with Crippen molar-refractivity contribution in [2.75, 3.05) is 0 Å². The van der Waals surface area contributed by atoms with Gasteiger partial charge in [0.15, 0.2) is 0 Å². The zero-order chi connectivity index (χ0) is 13.0. The second-order valence-electron chi connectivity index (χ2n) is 4.46. The van der Waals surface area contributed by atoms with Crippen molar-refractivity contribution in [2.45, 2.75) is 30.7 Å². The molecule has 0 spiro atoms. The molecule has 0 aliphatic carbocycles. The van der Waals surface area contributed by atoms with Gasteiger partial charge >= 0.3 is 0 Å². The van der Waals surface area contributed by atoms with E-state index in [1.165, 1.54) is 11.1 Å². The number of pyridine rings is 1. The number of thioether (sulfide) groups is 1. The lowest BCUT2D eigenvalue weighted by Crippen LogP contribution is -2.07. The summed E-state index contributed by atoms with van der Waals surface area (Å²) in [6.07, 6.45) is 1.82. The van der Waals surface area contributed by atoms with Gasteiger partial charge in [-0.05, 0) is 25.5 Å². The van der Waals surface area contributed by atoms with Crippen LogP contribution in [0.2, 0.25) is 0 Å². The van der Waals surface area contributed by atoms with Crippen molar-refractivity contribution in [3.05, 3.63) is 59.3 Å². The Balaban J connectivity index is 2.11. The van der Waals surface area contributed by atoms with Crippen molar-refractivity contribution in [3.8, 4) is 0 Å². The van der Waals surface area contributed by atoms with Gasteiger partial charge in [0.2, 0.25) is 0 Å². The van der Waals surface area contributed by atoms with Gasteiger partial charge in [-0.1, -0.05) is 35.9 Å². The van der Waals surface area contributed by atoms with Crippen molar-refractivity contribution in [2.24, 2.45) is 5.73 Å². The second-order valence-corrected chi connectivity index (χ2v) is 5.43. The summed E-state index contributed by atoms with van der Waals surface area (Å²) in [7, 11) is 0. The van der Waals surface area contributed by atoms with Crippen molar-refractivity contribution in [1.82, 2.24) is 4.98 Å². The molecule has 0 saturated heterocycles. The molecule has 0 amide bonds. The van der Waals surface area contributed by atoms with Crippen LogP contribution in [-0.4, -0.2) is 4.98 Å². The van der Waals surface area contributed by atoms with E-state index in [0.717, 1.165) is 16.3 Å². The lowest BCUT2D eigenvalue weighted by atomic mass is 10.2. The topological polar surface area (TPSA) is 38.9 Å². The number of hydrogen-bond acceptors (Lipinski definition) is 3. The molecular formula is C15H18N2S. The zero-order valence-corrected chi connectivity index (χ0v) is 11.6. The highest BCUT2D eigenvalue weighted by molar-refractivity contribution is 7.98. The molecule has 2 nitrogen and oxygen atoms in total. The van der Waals surface area contributed by atoms with Crippen molar-refractivity contribution in [1.29, 1.82) is 0 Å². The predicted molar refractivity (Wildman–Crippen MR) is 77.6 cm³/mol. The molecule has 1 aromatic heterocycles. The van der Waals surface area contributed by atoms with E-state index < -0.39 is 0 Å². The van der Waals surface area contributed by atoms with E-state index in [0.29, 0.717) is 0 Å². The molecule has 0 unspecified atom stereocenters. The van der Waals surface area contributed by atoms with Gasteiger partial charge in [0.25, 0.3) is 0 Å². The molecular weight excluding hydrogens is 240 g/mol. The standard InChI is InChI=1S/C15H18N2S/c1-11-5-3-6-13(9-11)10-18-15-14(12(2)16)7-4-8-17-15/h3-9,12H,10,16H2,1-2H3/t12-/m1/s1. The highest BCUT2D eigenvalue weighted by Gasteiger charge is 2.08. The summed E-state index contributed by atoms with van der Waals surface area (Å²) in [5.74, 6) is 0.929. The highest BCUT2D eigenvalue weighted by atomic mass is 32.2. The normalized spacial score (nSPS) is 12.4. The van der Waals surface area contributed by atoms with Crippen LogP contribution in [0.5, 0.6) is 0 Å². The summed E-state index contributed by atoms with van der Waals surface area (Å²) in [5.41, 5.74) is 9.69. The van der Waals surface area contributed by atoms with E-state index >= 15 is 0 Å². The second kappa shape index (κ2) is 6.03. The molecule has 1 heterocycles. The fourth-order valence-corrected chi connectivity index (χ4v) is 2.86. The van der Waals surface area contributed by atoms with Crippen LogP contribution in [0.3, 0.4) is 0 Å². The summed E-state index contributed by atoms with van der Waals surface area (Å²) in [4.78, 5) is 4.42. The molecule has 0 fully saturated rings. The van der Waals surface area contributed by atoms with Crippen molar-refractivity contribution < 1.29 is 0 Å². The first-order valence-corrected chi connectivity index (χ1v) is 7.04. The molecule has 1 atom stereocenters. The van der Waals surface area contributed by atoms with Gasteiger partial charge in [-0.25, -0.2) is 4.98 Å². The number of hydrogen-bond donors (Lipinski definition) is 1. The Morgan fingerprint density at radius 3 is 2.83 bits per heavy atom. The first kappa shape index (κ1) is 13.1. The minimum absolute atomic E-state index is 0.0266. The average Bonchev–Trinajstić information content (AvgIpc) is 2.37. The maximum atomic E-state index is 5.95. The van der Waals surface area contributed by atoms with E-state index in [9.17, 15) is 0 Å². The number of benzene rings is 1. The van der Waals surface area contributed by atoms with E-state index in [1.807, 2.05) is 19.2 Å². The fraction of sp³-hybridized carbons (Fsp3) is 0.267. The van der Waals surface area contributed by atoms with Gasteiger partial charge in [-0.3, -0.25) is 0 Å². The number of nitrogens with two attached hydrogens (primary N) is 1. The van der Waals surface area contributed by atoms with Crippen LogP contribution in [0, 0.1) is 6.92 Å². The molecule has 2 rings (SSSR count). The maximum absolute atomic E-state index is 5.95. The third-order valence-electron chi connectivity index (χ3n) is 2.75. The minimum Gasteiger partial charge on any atom is -0.324 e. The Bertz CT molecular complexity index is 523. The molecule has 0 aliphatic heterocycles. The lowest BCUT2D eigenvalue weighted by Gasteiger charge is -2.10. The molecule has 3 heteroatoms. The highest BCUT2D eigenvalue weighted by Crippen LogP contribution is 2.27. The van der Waals surface area contributed by atoms with Crippen LogP contribution in [0.15, 0.2) is 47.6 Å². The summed E-state index contributed by atoms with van der Waals surface area (Å²) in [5, 5.41) is 1.04. The lowest BCUT2D eigenvalue weighted by molar-refractivity contribution is 0.779. The molecule has 0 saturated carbocycles. The van der Waals surface area contributed by atoms with E-state index in [1.54, 1.807) is 11.8 Å². The van der Waals surface area contributed by atoms with E-state index in [4.69, 9.17) is 5.73 Å². The summed E-state index contributed by atoms with van der Waals surface area (Å²) < 4.78 is 0. The molecule has 94 valence electrons. The summed E-state index contributed by atoms with van der Waals surface area (Å²) in [6.45, 7) is 4.11. The molecule has 2 aromatic rings. The number of aryl methyl sites for hydroxylation is 1. The molecule has 0 aliphatic rings. The van der Waals surface area contributed by atoms with Crippen LogP contribution >= 0.6 is 11.8 Å². The summed E-state index contributed by atoms with van der Waals surface area (Å²) in [6, 6.07) is 12.6. The maximum Gasteiger partial charge on any atom is 0.101 e. The van der Waals surface area contributed by atoms with Crippen molar-refractivity contribution >= 4 is 11.8 Å². The average molecular weight is 258 g/mol. The van der Waals surface area contributed by atoms with Crippen LogP contribution < -0.4 is 5.73 Å². The SMILES string of the molecule is Cc1cccc(CSc2ncccc2[C@@H](C)N)c1. The molecule has 18 heavy (non-hydrogen) atoms. The Kier molecular flexibility index (Phi) is 4.39. The quantitative estimate of drug-likeness (QED) is 0.850. The predicted octanol–water partition coefficient (Wildman–Crippen LogP) is 3.70. The molecule has 0 radical (unpaired) electrons. The van der Waals surface area contributed by atoms with Gasteiger partial charge in [0.1, 0.15) is 5.03 Å². The Hall–Kier alpha value is -1.32. The Morgan fingerprint density at radius 1 is 1.28 bits per heavy atom. The van der Waals surface area contributed by atoms with Gasteiger partial charge in [0.05, 0.1) is 0 Å². The van der Waals surface area contributed by atoms with Crippen LogP contribution in [0.4, 0.5) is 0 Å². The number of rotatable bonds is 4. The number of nitrogens with zero attached hydrogens (tertiary/aromatic N) is 1. The molecule has 0 bridgehead atoms. The molecule has 2 N–H and O–H groups in total. The first-order valence-electron chi connectivity index (χ1n) is 6.05. The minimum atomic E-state index is 0.0266. The van der Waals surface area contributed by atoms with Gasteiger partial charge in [-0.2, -0.15) is 0 Å². The zero-order valence-electron chi connectivity index (χ0n) is 10.8. The Morgan fingerprint density at radius 2 is 2.11 bits per heavy atom.